The number of methoxy groups -OCH3 is 1. The summed E-state index contributed by atoms with van der Waals surface area (Å²) in [5.74, 6) is 1.85. The molecule has 0 N–H and O–H groups in total. The topological polar surface area (TPSA) is 95.4 Å². The summed E-state index contributed by atoms with van der Waals surface area (Å²) in [4.78, 5) is 27.7. The van der Waals surface area contributed by atoms with Gasteiger partial charge in [-0.15, -0.1) is 0 Å². The zero-order valence-corrected chi connectivity index (χ0v) is 18.1. The predicted molar refractivity (Wildman–Crippen MR) is 109 cm³/mol. The van der Waals surface area contributed by atoms with Gasteiger partial charge in [0.05, 0.1) is 18.8 Å². The van der Waals surface area contributed by atoms with Gasteiger partial charge in [0, 0.05) is 44.1 Å². The van der Waals surface area contributed by atoms with Crippen molar-refractivity contribution in [1.82, 2.24) is 24.4 Å². The van der Waals surface area contributed by atoms with Gasteiger partial charge in [0.15, 0.2) is 0 Å². The molecule has 9 nitrogen and oxygen atoms in total. The molecule has 2 fully saturated rings. The van der Waals surface area contributed by atoms with E-state index in [-0.39, 0.29) is 23.6 Å². The molecule has 2 aromatic heterocycles. The molecule has 3 heterocycles. The fourth-order valence-electron chi connectivity index (χ4n) is 4.38. The minimum Gasteiger partial charge on any atom is -0.383 e. The molecule has 1 unspecified atom stereocenters. The molecule has 1 saturated heterocycles. The molecule has 0 radical (unpaired) electrons. The van der Waals surface area contributed by atoms with Crippen molar-refractivity contribution in [3.63, 3.8) is 0 Å². The van der Waals surface area contributed by atoms with Gasteiger partial charge in [-0.2, -0.15) is 5.10 Å². The van der Waals surface area contributed by atoms with E-state index in [1.807, 2.05) is 23.3 Å². The molecule has 0 aromatic carbocycles. The van der Waals surface area contributed by atoms with E-state index in [0.29, 0.717) is 32.5 Å². The lowest BCUT2D eigenvalue weighted by atomic mass is 9.96. The number of aromatic nitrogens is 4. The Labute approximate surface area is 176 Å². The van der Waals surface area contributed by atoms with Crippen molar-refractivity contribution < 1.29 is 14.1 Å². The number of rotatable bonds is 8. The summed E-state index contributed by atoms with van der Waals surface area (Å²) in [6.07, 6.45) is 4.99. The van der Waals surface area contributed by atoms with Crippen molar-refractivity contribution in [2.24, 2.45) is 0 Å². The molecule has 1 saturated carbocycles. The summed E-state index contributed by atoms with van der Waals surface area (Å²) in [6.45, 7) is 6.08. The highest BCUT2D eigenvalue weighted by molar-refractivity contribution is 5.76. The van der Waals surface area contributed by atoms with Crippen LogP contribution in [0, 0.1) is 13.8 Å². The maximum Gasteiger partial charge on any atom is 0.346 e. The van der Waals surface area contributed by atoms with Gasteiger partial charge in [-0.1, -0.05) is 5.16 Å². The standard InChI is InChI=1S/C21H31N5O4/c1-14-18(15(2)30-23-14)8-9-19(27)24-10-4-5-16(13-24)20-22-25(11-12-29-3)21(28)26(20)17-6-7-17/h16-17H,4-13H2,1-3H3. The molecule has 2 aliphatic rings. The number of nitrogens with zero attached hydrogens (tertiary/aromatic N) is 5. The molecule has 30 heavy (non-hydrogen) atoms. The molecular formula is C21H31N5O4. The maximum absolute atomic E-state index is 12.9. The molecule has 0 bridgehead atoms. The van der Waals surface area contributed by atoms with Crippen LogP contribution < -0.4 is 5.69 Å². The van der Waals surface area contributed by atoms with Gasteiger partial charge in [0.2, 0.25) is 5.91 Å². The van der Waals surface area contributed by atoms with Crippen molar-refractivity contribution in [3.05, 3.63) is 33.3 Å². The van der Waals surface area contributed by atoms with Crippen LogP contribution >= 0.6 is 0 Å². The first-order valence-corrected chi connectivity index (χ1v) is 10.9. The third kappa shape index (κ3) is 4.21. The largest absolute Gasteiger partial charge is 0.383 e. The maximum atomic E-state index is 12.9. The Bertz CT molecular complexity index is 936. The quantitative estimate of drug-likeness (QED) is 0.652. The minimum atomic E-state index is -0.0496. The highest BCUT2D eigenvalue weighted by atomic mass is 16.5. The highest BCUT2D eigenvalue weighted by Gasteiger charge is 2.35. The van der Waals surface area contributed by atoms with E-state index in [9.17, 15) is 9.59 Å². The smallest absolute Gasteiger partial charge is 0.346 e. The van der Waals surface area contributed by atoms with Gasteiger partial charge in [-0.25, -0.2) is 9.48 Å². The predicted octanol–water partition coefficient (Wildman–Crippen LogP) is 1.97. The Balaban J connectivity index is 1.46. The number of piperidine rings is 1. The Morgan fingerprint density at radius 1 is 1.27 bits per heavy atom. The highest BCUT2D eigenvalue weighted by Crippen LogP contribution is 2.37. The summed E-state index contributed by atoms with van der Waals surface area (Å²) in [7, 11) is 1.62. The fraction of sp³-hybridized carbons (Fsp3) is 0.714. The summed E-state index contributed by atoms with van der Waals surface area (Å²) in [6, 6.07) is 0.259. The molecule has 164 valence electrons. The first-order valence-electron chi connectivity index (χ1n) is 10.9. The molecule has 2 aromatic rings. The molecule has 1 aliphatic carbocycles. The first kappa shape index (κ1) is 20.8. The average molecular weight is 418 g/mol. The minimum absolute atomic E-state index is 0.0496. The molecule has 9 heteroatoms. The summed E-state index contributed by atoms with van der Waals surface area (Å²) in [5.41, 5.74) is 1.83. The van der Waals surface area contributed by atoms with E-state index in [4.69, 9.17) is 9.26 Å². The van der Waals surface area contributed by atoms with Crippen molar-refractivity contribution in [2.45, 2.75) is 70.9 Å². The number of likely N-dealkylation sites (tertiary alicyclic amines) is 1. The van der Waals surface area contributed by atoms with E-state index < -0.39 is 0 Å². The Morgan fingerprint density at radius 2 is 2.07 bits per heavy atom. The van der Waals surface area contributed by atoms with E-state index in [1.54, 1.807) is 7.11 Å². The molecular weight excluding hydrogens is 386 g/mol. The van der Waals surface area contributed by atoms with Crippen LogP contribution in [-0.2, 0) is 22.5 Å². The number of carbonyl (C=O) groups excluding carboxylic acids is 1. The van der Waals surface area contributed by atoms with Crippen molar-refractivity contribution in [3.8, 4) is 0 Å². The second kappa shape index (κ2) is 8.75. The third-order valence-electron chi connectivity index (χ3n) is 6.23. The summed E-state index contributed by atoms with van der Waals surface area (Å²) >= 11 is 0. The van der Waals surface area contributed by atoms with Crippen molar-refractivity contribution >= 4 is 5.91 Å². The Hall–Kier alpha value is -2.42. The van der Waals surface area contributed by atoms with Crippen LogP contribution in [0.5, 0.6) is 0 Å². The van der Waals surface area contributed by atoms with Gasteiger partial charge in [-0.05, 0) is 46.0 Å². The number of amides is 1. The van der Waals surface area contributed by atoms with Crippen LogP contribution in [0.1, 0.15) is 66.9 Å². The van der Waals surface area contributed by atoms with E-state index in [1.165, 1.54) is 4.68 Å². The van der Waals surface area contributed by atoms with Crippen LogP contribution in [0.4, 0.5) is 0 Å². The van der Waals surface area contributed by atoms with E-state index in [0.717, 1.165) is 55.1 Å². The average Bonchev–Trinajstić information content (AvgIpc) is 3.46. The molecule has 1 atom stereocenters. The van der Waals surface area contributed by atoms with Gasteiger partial charge in [-0.3, -0.25) is 9.36 Å². The van der Waals surface area contributed by atoms with E-state index >= 15 is 0 Å². The van der Waals surface area contributed by atoms with Crippen molar-refractivity contribution in [2.75, 3.05) is 26.8 Å². The van der Waals surface area contributed by atoms with E-state index in [2.05, 4.69) is 10.3 Å². The lowest BCUT2D eigenvalue weighted by Gasteiger charge is -2.32. The molecule has 4 rings (SSSR count). The zero-order chi connectivity index (χ0) is 21.3. The zero-order valence-electron chi connectivity index (χ0n) is 18.1. The van der Waals surface area contributed by atoms with Crippen LogP contribution in [0.2, 0.25) is 0 Å². The summed E-state index contributed by atoms with van der Waals surface area (Å²) < 4.78 is 13.7. The second-order valence-corrected chi connectivity index (χ2v) is 8.44. The van der Waals surface area contributed by atoms with Crippen LogP contribution in [0.15, 0.2) is 9.32 Å². The van der Waals surface area contributed by atoms with Crippen LogP contribution in [0.25, 0.3) is 0 Å². The Kier molecular flexibility index (Phi) is 6.08. The molecule has 1 amide bonds. The monoisotopic (exact) mass is 417 g/mol. The van der Waals surface area contributed by atoms with Crippen LogP contribution in [-0.4, -0.2) is 57.1 Å². The first-order chi connectivity index (χ1) is 14.5. The lowest BCUT2D eigenvalue weighted by molar-refractivity contribution is -0.132. The SMILES string of the molecule is COCCn1nc(C2CCCN(C(=O)CCc3c(C)noc3C)C2)n(C2CC2)c1=O. The second-order valence-electron chi connectivity index (χ2n) is 8.44. The number of hydrogen-bond acceptors (Lipinski definition) is 6. The third-order valence-corrected chi connectivity index (χ3v) is 6.23. The van der Waals surface area contributed by atoms with Gasteiger partial charge >= 0.3 is 5.69 Å². The van der Waals surface area contributed by atoms with Crippen LogP contribution in [0.3, 0.4) is 0 Å². The normalized spacial score (nSPS) is 19.4. The Morgan fingerprint density at radius 3 is 2.73 bits per heavy atom. The lowest BCUT2D eigenvalue weighted by Crippen LogP contribution is -2.40. The number of ether oxygens (including phenoxy) is 1. The number of carbonyl (C=O) groups is 1. The fourth-order valence-corrected chi connectivity index (χ4v) is 4.38. The van der Waals surface area contributed by atoms with Gasteiger partial charge < -0.3 is 14.2 Å². The molecule has 0 spiro atoms. The number of hydrogen-bond donors (Lipinski definition) is 0. The molecule has 1 aliphatic heterocycles. The van der Waals surface area contributed by atoms with Crippen molar-refractivity contribution in [1.29, 1.82) is 0 Å². The number of aryl methyl sites for hydroxylation is 2. The summed E-state index contributed by atoms with van der Waals surface area (Å²) in [5, 5.41) is 8.63. The van der Waals surface area contributed by atoms with Gasteiger partial charge in [0.25, 0.3) is 0 Å². The van der Waals surface area contributed by atoms with Gasteiger partial charge in [0.1, 0.15) is 11.6 Å².